The number of halogens is 1. The first kappa shape index (κ1) is 27.0. The number of carbonyl (C=O) groups excluding carboxylic acids is 1. The van der Waals surface area contributed by atoms with E-state index in [4.69, 9.17) is 14.2 Å². The molecule has 15 heteroatoms. The fraction of sp³-hybridized carbons (Fsp3) is 0.435. The Morgan fingerprint density at radius 3 is 2.63 bits per heavy atom. The number of carbonyl (C=O) groups is 1. The first-order valence-corrected chi connectivity index (χ1v) is 12.5. The van der Waals surface area contributed by atoms with E-state index in [1.165, 1.54) is 12.1 Å². The topological polar surface area (TPSA) is 153 Å². The quantitative estimate of drug-likeness (QED) is 0.296. The standard InChI is InChI=1S/C23H24FN3O10S/c24-17-3-1-15(2-4-17)20-7-8-25(23(28)38-13-19(37-27(31)32)12-36-26(29)30)10-16(20)11-33-18-5-6-21-22(9-18)35-14-34-21/h1-6,9,16,19-20H,7-8,10-14H2/t16-,19?,20-/m0/s1. The van der Waals surface area contributed by atoms with E-state index in [-0.39, 0.29) is 42.0 Å². The molecule has 0 radical (unpaired) electrons. The Hall–Kier alpha value is -4.01. The fourth-order valence-electron chi connectivity index (χ4n) is 4.32. The summed E-state index contributed by atoms with van der Waals surface area (Å²) in [4.78, 5) is 44.2. The maximum absolute atomic E-state index is 13.5. The molecule has 0 bridgehead atoms. The zero-order valence-electron chi connectivity index (χ0n) is 19.9. The van der Waals surface area contributed by atoms with Crippen molar-refractivity contribution in [1.82, 2.24) is 4.90 Å². The van der Waals surface area contributed by atoms with Gasteiger partial charge in [-0.15, -0.1) is 20.2 Å². The molecule has 2 aromatic carbocycles. The minimum absolute atomic E-state index is 0.0160. The van der Waals surface area contributed by atoms with Gasteiger partial charge in [-0.2, -0.15) is 0 Å². The molecular formula is C23H24FN3O10S. The van der Waals surface area contributed by atoms with Crippen molar-refractivity contribution in [2.24, 2.45) is 5.92 Å². The van der Waals surface area contributed by atoms with Gasteiger partial charge < -0.3 is 28.8 Å². The SMILES string of the molecule is O=C(SCC(CO[N+](=O)[O-])O[N+](=O)[O-])N1CC[C@@H](c2ccc(F)cc2)[C@H](COc2ccc3c(c2)OCO3)C1. The van der Waals surface area contributed by atoms with Gasteiger partial charge in [-0.1, -0.05) is 23.9 Å². The van der Waals surface area contributed by atoms with Gasteiger partial charge in [0.05, 0.1) is 6.61 Å². The number of benzene rings is 2. The molecule has 1 saturated heterocycles. The van der Waals surface area contributed by atoms with Crippen LogP contribution in [0.15, 0.2) is 42.5 Å². The summed E-state index contributed by atoms with van der Waals surface area (Å²) in [6, 6.07) is 11.4. The third-order valence-corrected chi connectivity index (χ3v) is 7.14. The smallest absolute Gasteiger partial charge is 0.294 e. The number of ether oxygens (including phenoxy) is 3. The van der Waals surface area contributed by atoms with Crippen molar-refractivity contribution in [2.75, 3.05) is 38.8 Å². The maximum Gasteiger partial charge on any atom is 0.294 e. The van der Waals surface area contributed by atoms with Crippen molar-refractivity contribution < 1.29 is 43.2 Å². The van der Waals surface area contributed by atoms with Crippen LogP contribution >= 0.6 is 11.8 Å². The van der Waals surface area contributed by atoms with E-state index in [0.29, 0.717) is 36.8 Å². The second kappa shape index (κ2) is 12.5. The molecule has 2 aliphatic heterocycles. The molecule has 38 heavy (non-hydrogen) atoms. The Kier molecular flexibility index (Phi) is 8.89. The van der Waals surface area contributed by atoms with Gasteiger partial charge in [0.2, 0.25) is 6.79 Å². The van der Waals surface area contributed by atoms with Crippen LogP contribution in [0.4, 0.5) is 9.18 Å². The Labute approximate surface area is 219 Å². The van der Waals surface area contributed by atoms with Crippen LogP contribution < -0.4 is 14.2 Å². The van der Waals surface area contributed by atoms with Gasteiger partial charge in [0.1, 0.15) is 24.3 Å². The molecule has 13 nitrogen and oxygen atoms in total. The molecule has 1 fully saturated rings. The molecule has 3 atom stereocenters. The Bertz CT molecular complexity index is 1150. The van der Waals surface area contributed by atoms with Crippen LogP contribution in [0.5, 0.6) is 17.2 Å². The normalized spacial score (nSPS) is 18.9. The van der Waals surface area contributed by atoms with Crippen LogP contribution in [0.3, 0.4) is 0 Å². The van der Waals surface area contributed by atoms with Crippen LogP contribution in [-0.4, -0.2) is 65.3 Å². The fourth-order valence-corrected chi connectivity index (χ4v) is 5.15. The first-order valence-electron chi connectivity index (χ1n) is 11.6. The highest BCUT2D eigenvalue weighted by atomic mass is 32.2. The van der Waals surface area contributed by atoms with Gasteiger partial charge in [0.25, 0.3) is 15.4 Å². The Balaban J connectivity index is 1.41. The van der Waals surface area contributed by atoms with E-state index < -0.39 is 22.9 Å². The van der Waals surface area contributed by atoms with Crippen LogP contribution in [0.25, 0.3) is 0 Å². The summed E-state index contributed by atoms with van der Waals surface area (Å²) < 4.78 is 30.3. The number of fused-ring (bicyclic) bond motifs is 1. The molecule has 0 aromatic heterocycles. The number of nitrogens with zero attached hydrogens (tertiary/aromatic N) is 3. The monoisotopic (exact) mass is 553 g/mol. The number of thioether (sulfide) groups is 1. The van der Waals surface area contributed by atoms with Crippen LogP contribution in [-0.2, 0) is 9.68 Å². The van der Waals surface area contributed by atoms with Gasteiger partial charge in [-0.05, 0) is 42.2 Å². The summed E-state index contributed by atoms with van der Waals surface area (Å²) >= 11 is 0.748. The van der Waals surface area contributed by atoms with Gasteiger partial charge in [0.15, 0.2) is 11.5 Å². The van der Waals surface area contributed by atoms with Gasteiger partial charge in [0, 0.05) is 30.8 Å². The van der Waals surface area contributed by atoms with Crippen LogP contribution in [0, 0.1) is 32.0 Å². The maximum atomic E-state index is 13.5. The molecular weight excluding hydrogens is 529 g/mol. The lowest BCUT2D eigenvalue weighted by atomic mass is 9.81. The highest BCUT2D eigenvalue weighted by Crippen LogP contribution is 2.37. The second-order valence-electron chi connectivity index (χ2n) is 8.53. The van der Waals surface area contributed by atoms with Crippen LogP contribution in [0.2, 0.25) is 0 Å². The van der Waals surface area contributed by atoms with E-state index in [2.05, 4.69) is 9.68 Å². The van der Waals surface area contributed by atoms with E-state index >= 15 is 0 Å². The largest absolute Gasteiger partial charge is 0.493 e. The number of hydrogen-bond acceptors (Lipinski definition) is 11. The molecule has 4 rings (SSSR count). The summed E-state index contributed by atoms with van der Waals surface area (Å²) in [7, 11) is 0. The van der Waals surface area contributed by atoms with Crippen molar-refractivity contribution in [1.29, 1.82) is 0 Å². The van der Waals surface area contributed by atoms with Crippen molar-refractivity contribution in [3.63, 3.8) is 0 Å². The average Bonchev–Trinajstić information content (AvgIpc) is 3.37. The van der Waals surface area contributed by atoms with Gasteiger partial charge in [-0.3, -0.25) is 4.79 Å². The van der Waals surface area contributed by atoms with Gasteiger partial charge in [-0.25, -0.2) is 4.39 Å². The Morgan fingerprint density at radius 1 is 1.13 bits per heavy atom. The summed E-state index contributed by atoms with van der Waals surface area (Å²) in [6.45, 7) is 0.395. The van der Waals surface area contributed by atoms with E-state index in [1.807, 2.05) is 0 Å². The zero-order chi connectivity index (χ0) is 27.1. The summed E-state index contributed by atoms with van der Waals surface area (Å²) in [6.07, 6.45) is -0.724. The lowest BCUT2D eigenvalue weighted by Crippen LogP contribution is -2.44. The molecule has 1 amide bonds. The number of likely N-dealkylation sites (tertiary alicyclic amines) is 1. The van der Waals surface area contributed by atoms with Crippen molar-refractivity contribution in [3.8, 4) is 17.2 Å². The second-order valence-corrected chi connectivity index (χ2v) is 9.50. The summed E-state index contributed by atoms with van der Waals surface area (Å²) in [5.74, 6) is 1.02. The third-order valence-electron chi connectivity index (χ3n) is 6.09. The highest BCUT2D eigenvalue weighted by molar-refractivity contribution is 8.13. The van der Waals surface area contributed by atoms with E-state index in [0.717, 1.165) is 17.3 Å². The molecule has 2 aromatic rings. The Morgan fingerprint density at radius 2 is 1.89 bits per heavy atom. The number of hydrogen-bond donors (Lipinski definition) is 0. The molecule has 204 valence electrons. The highest BCUT2D eigenvalue weighted by Gasteiger charge is 2.34. The third kappa shape index (κ3) is 7.27. The molecule has 2 heterocycles. The molecule has 0 saturated carbocycles. The lowest BCUT2D eigenvalue weighted by molar-refractivity contribution is -0.788. The lowest BCUT2D eigenvalue weighted by Gasteiger charge is -2.38. The minimum atomic E-state index is -1.30. The number of amides is 1. The number of piperidine rings is 1. The predicted octanol–water partition coefficient (Wildman–Crippen LogP) is 3.68. The molecule has 0 spiro atoms. The van der Waals surface area contributed by atoms with Crippen molar-refractivity contribution in [3.05, 3.63) is 74.1 Å². The number of rotatable bonds is 11. The van der Waals surface area contributed by atoms with E-state index in [1.54, 1.807) is 35.2 Å². The summed E-state index contributed by atoms with van der Waals surface area (Å²) in [5, 5.41) is 18.6. The molecule has 1 unspecified atom stereocenters. The predicted molar refractivity (Wildman–Crippen MR) is 130 cm³/mol. The molecule has 0 aliphatic carbocycles. The molecule has 2 aliphatic rings. The molecule has 0 N–H and O–H groups in total. The van der Waals surface area contributed by atoms with Crippen LogP contribution in [0.1, 0.15) is 17.9 Å². The van der Waals surface area contributed by atoms with Crippen molar-refractivity contribution >= 4 is 17.0 Å². The van der Waals surface area contributed by atoms with Gasteiger partial charge >= 0.3 is 0 Å². The summed E-state index contributed by atoms with van der Waals surface area (Å²) in [5.41, 5.74) is 0.918. The average molecular weight is 554 g/mol. The minimum Gasteiger partial charge on any atom is -0.493 e. The zero-order valence-corrected chi connectivity index (χ0v) is 20.8. The van der Waals surface area contributed by atoms with Crippen molar-refractivity contribution in [2.45, 2.75) is 18.4 Å². The van der Waals surface area contributed by atoms with E-state index in [9.17, 15) is 29.4 Å². The first-order chi connectivity index (χ1) is 18.3.